The van der Waals surface area contributed by atoms with Crippen LogP contribution >= 0.6 is 0 Å². The predicted molar refractivity (Wildman–Crippen MR) is 61.8 cm³/mol. The zero-order chi connectivity index (χ0) is 10.7. The summed E-state index contributed by atoms with van der Waals surface area (Å²) in [5.74, 6) is 0. The molecule has 0 aromatic carbocycles. The van der Waals surface area contributed by atoms with Gasteiger partial charge in [0.15, 0.2) is 0 Å². The Bertz CT molecular complexity index is 330. The second kappa shape index (κ2) is 4.62. The van der Waals surface area contributed by atoms with Crippen molar-refractivity contribution >= 4 is 0 Å². The van der Waals surface area contributed by atoms with E-state index in [0.717, 1.165) is 25.9 Å². The molecule has 1 aliphatic heterocycles. The SMILES string of the molecule is C=C1CCN(CCn2cc(C)cn2)CC1. The van der Waals surface area contributed by atoms with E-state index in [0.29, 0.717) is 0 Å². The van der Waals surface area contributed by atoms with Gasteiger partial charge >= 0.3 is 0 Å². The fraction of sp³-hybridized carbons (Fsp3) is 0.583. The molecule has 2 rings (SSSR count). The van der Waals surface area contributed by atoms with Crippen molar-refractivity contribution in [1.82, 2.24) is 14.7 Å². The number of aryl methyl sites for hydroxylation is 1. The lowest BCUT2D eigenvalue weighted by atomic mass is 10.1. The van der Waals surface area contributed by atoms with Crippen LogP contribution in [-0.2, 0) is 6.54 Å². The zero-order valence-electron chi connectivity index (χ0n) is 9.45. The van der Waals surface area contributed by atoms with Crippen LogP contribution in [0.3, 0.4) is 0 Å². The van der Waals surface area contributed by atoms with Crippen molar-refractivity contribution in [3.8, 4) is 0 Å². The van der Waals surface area contributed by atoms with Crippen molar-refractivity contribution in [1.29, 1.82) is 0 Å². The van der Waals surface area contributed by atoms with Gasteiger partial charge in [-0.05, 0) is 25.3 Å². The van der Waals surface area contributed by atoms with E-state index in [1.165, 1.54) is 24.2 Å². The lowest BCUT2D eigenvalue weighted by Gasteiger charge is -2.27. The van der Waals surface area contributed by atoms with Gasteiger partial charge in [0.25, 0.3) is 0 Å². The van der Waals surface area contributed by atoms with Crippen molar-refractivity contribution in [3.05, 3.63) is 30.1 Å². The minimum Gasteiger partial charge on any atom is -0.301 e. The van der Waals surface area contributed by atoms with E-state index in [9.17, 15) is 0 Å². The minimum absolute atomic E-state index is 1.00. The quantitative estimate of drug-likeness (QED) is 0.702. The van der Waals surface area contributed by atoms with E-state index >= 15 is 0 Å². The van der Waals surface area contributed by atoms with Crippen LogP contribution in [0.1, 0.15) is 18.4 Å². The van der Waals surface area contributed by atoms with E-state index in [4.69, 9.17) is 0 Å². The van der Waals surface area contributed by atoms with Gasteiger partial charge in [0.1, 0.15) is 0 Å². The summed E-state index contributed by atoms with van der Waals surface area (Å²) in [6.07, 6.45) is 6.34. The summed E-state index contributed by atoms with van der Waals surface area (Å²) < 4.78 is 2.03. The predicted octanol–water partition coefficient (Wildman–Crippen LogP) is 1.84. The fourth-order valence-corrected chi connectivity index (χ4v) is 1.93. The Morgan fingerprint density at radius 1 is 1.33 bits per heavy atom. The monoisotopic (exact) mass is 205 g/mol. The highest BCUT2D eigenvalue weighted by Gasteiger charge is 2.11. The Hall–Kier alpha value is -1.09. The fourth-order valence-electron chi connectivity index (χ4n) is 1.93. The first-order valence-corrected chi connectivity index (χ1v) is 5.62. The molecule has 0 radical (unpaired) electrons. The van der Waals surface area contributed by atoms with Gasteiger partial charge in [-0.2, -0.15) is 5.10 Å². The van der Waals surface area contributed by atoms with Crippen LogP contribution < -0.4 is 0 Å². The van der Waals surface area contributed by atoms with Gasteiger partial charge in [-0.1, -0.05) is 12.2 Å². The maximum Gasteiger partial charge on any atom is 0.0536 e. The molecule has 0 spiro atoms. The molecular formula is C12H19N3. The number of likely N-dealkylation sites (tertiary alicyclic amines) is 1. The van der Waals surface area contributed by atoms with Crippen LogP contribution in [0, 0.1) is 6.92 Å². The average molecular weight is 205 g/mol. The van der Waals surface area contributed by atoms with Gasteiger partial charge in [0.2, 0.25) is 0 Å². The van der Waals surface area contributed by atoms with Crippen LogP contribution in [0.2, 0.25) is 0 Å². The molecule has 0 bridgehead atoms. The number of hydrogen-bond donors (Lipinski definition) is 0. The molecule has 2 heterocycles. The Morgan fingerprint density at radius 3 is 2.67 bits per heavy atom. The highest BCUT2D eigenvalue weighted by Crippen LogP contribution is 2.13. The molecule has 0 atom stereocenters. The third-order valence-corrected chi connectivity index (χ3v) is 2.97. The van der Waals surface area contributed by atoms with E-state index < -0.39 is 0 Å². The van der Waals surface area contributed by atoms with Crippen molar-refractivity contribution in [3.63, 3.8) is 0 Å². The molecule has 0 aliphatic carbocycles. The first-order chi connectivity index (χ1) is 7.24. The van der Waals surface area contributed by atoms with Crippen LogP contribution in [0.4, 0.5) is 0 Å². The topological polar surface area (TPSA) is 21.1 Å². The normalized spacial score (nSPS) is 18.3. The molecule has 3 nitrogen and oxygen atoms in total. The van der Waals surface area contributed by atoms with E-state index in [-0.39, 0.29) is 0 Å². The van der Waals surface area contributed by atoms with E-state index in [1.54, 1.807) is 0 Å². The molecule has 0 amide bonds. The Kier molecular flexibility index (Phi) is 3.21. The molecule has 1 aromatic rings. The number of rotatable bonds is 3. The molecule has 1 aromatic heterocycles. The summed E-state index contributed by atoms with van der Waals surface area (Å²) in [5.41, 5.74) is 2.64. The van der Waals surface area contributed by atoms with Gasteiger partial charge < -0.3 is 4.90 Å². The number of aromatic nitrogens is 2. The van der Waals surface area contributed by atoms with Crippen LogP contribution in [0.15, 0.2) is 24.5 Å². The first kappa shape index (κ1) is 10.4. The minimum atomic E-state index is 1.00. The van der Waals surface area contributed by atoms with Gasteiger partial charge in [0, 0.05) is 25.8 Å². The largest absolute Gasteiger partial charge is 0.301 e. The molecule has 0 saturated carbocycles. The number of nitrogens with zero attached hydrogens (tertiary/aromatic N) is 3. The lowest BCUT2D eigenvalue weighted by Crippen LogP contribution is -2.33. The number of hydrogen-bond acceptors (Lipinski definition) is 2. The molecule has 0 N–H and O–H groups in total. The Balaban J connectivity index is 1.76. The smallest absolute Gasteiger partial charge is 0.0536 e. The molecule has 1 saturated heterocycles. The Morgan fingerprint density at radius 2 is 2.07 bits per heavy atom. The molecule has 15 heavy (non-hydrogen) atoms. The highest BCUT2D eigenvalue weighted by molar-refractivity contribution is 5.00. The van der Waals surface area contributed by atoms with E-state index in [1.807, 2.05) is 10.9 Å². The maximum atomic E-state index is 4.29. The van der Waals surface area contributed by atoms with Gasteiger partial charge in [0.05, 0.1) is 12.7 Å². The maximum absolute atomic E-state index is 4.29. The third kappa shape index (κ3) is 2.93. The van der Waals surface area contributed by atoms with Crippen molar-refractivity contribution < 1.29 is 0 Å². The lowest BCUT2D eigenvalue weighted by molar-refractivity contribution is 0.243. The van der Waals surface area contributed by atoms with Gasteiger partial charge in [-0.3, -0.25) is 4.68 Å². The summed E-state index contributed by atoms with van der Waals surface area (Å²) in [5, 5.41) is 4.29. The standard InChI is InChI=1S/C12H19N3/c1-11-3-5-14(6-4-11)7-8-15-10-12(2)9-13-15/h9-10H,1,3-8H2,2H3. The average Bonchev–Trinajstić information content (AvgIpc) is 2.64. The summed E-state index contributed by atoms with van der Waals surface area (Å²) in [6.45, 7) is 10.5. The highest BCUT2D eigenvalue weighted by atomic mass is 15.3. The molecule has 0 unspecified atom stereocenters. The molecule has 1 aliphatic rings. The zero-order valence-corrected chi connectivity index (χ0v) is 9.45. The number of piperidine rings is 1. The molecule has 82 valence electrons. The summed E-state index contributed by atoms with van der Waals surface area (Å²) in [7, 11) is 0. The first-order valence-electron chi connectivity index (χ1n) is 5.62. The summed E-state index contributed by atoms with van der Waals surface area (Å²) in [4.78, 5) is 2.49. The van der Waals surface area contributed by atoms with Gasteiger partial charge in [-0.25, -0.2) is 0 Å². The second-order valence-electron chi connectivity index (χ2n) is 4.37. The molecule has 3 heteroatoms. The summed E-state index contributed by atoms with van der Waals surface area (Å²) in [6, 6.07) is 0. The van der Waals surface area contributed by atoms with Crippen LogP contribution in [-0.4, -0.2) is 34.3 Å². The molecule has 1 fully saturated rings. The third-order valence-electron chi connectivity index (χ3n) is 2.97. The molecular weight excluding hydrogens is 186 g/mol. The Labute approximate surface area is 91.4 Å². The second-order valence-corrected chi connectivity index (χ2v) is 4.37. The van der Waals surface area contributed by atoms with E-state index in [2.05, 4.69) is 29.7 Å². The van der Waals surface area contributed by atoms with Crippen molar-refractivity contribution in [2.24, 2.45) is 0 Å². The van der Waals surface area contributed by atoms with Crippen molar-refractivity contribution in [2.75, 3.05) is 19.6 Å². The van der Waals surface area contributed by atoms with Crippen molar-refractivity contribution in [2.45, 2.75) is 26.3 Å². The van der Waals surface area contributed by atoms with Crippen LogP contribution in [0.5, 0.6) is 0 Å². The van der Waals surface area contributed by atoms with Crippen LogP contribution in [0.25, 0.3) is 0 Å². The summed E-state index contributed by atoms with van der Waals surface area (Å²) >= 11 is 0. The van der Waals surface area contributed by atoms with Gasteiger partial charge in [-0.15, -0.1) is 0 Å².